The molecular formula is C20H41NO6Si. The summed E-state index contributed by atoms with van der Waals surface area (Å²) in [7, 11) is -2.18. The van der Waals surface area contributed by atoms with E-state index >= 15 is 0 Å². The molecule has 0 unspecified atom stereocenters. The quantitative estimate of drug-likeness (QED) is 0.456. The number of hydrogen-bond donors (Lipinski definition) is 2. The van der Waals surface area contributed by atoms with E-state index in [2.05, 4.69) is 39.2 Å². The number of hydrogen-bond acceptors (Lipinski definition) is 6. The van der Waals surface area contributed by atoms with Crippen LogP contribution in [0.2, 0.25) is 18.1 Å². The molecule has 0 spiro atoms. The Bertz CT molecular complexity index is 534. The molecule has 0 aliphatic carbocycles. The van der Waals surface area contributed by atoms with Crippen molar-refractivity contribution in [3.63, 3.8) is 0 Å². The Labute approximate surface area is 171 Å². The maximum absolute atomic E-state index is 12.4. The molecule has 0 aliphatic rings. The van der Waals surface area contributed by atoms with Gasteiger partial charge in [0.2, 0.25) is 0 Å². The molecule has 0 radical (unpaired) electrons. The molecule has 0 saturated carbocycles. The predicted octanol–water partition coefficient (Wildman–Crippen LogP) is 3.99. The van der Waals surface area contributed by atoms with Crippen molar-refractivity contribution in [2.24, 2.45) is 0 Å². The molecule has 0 saturated heterocycles. The fourth-order valence-electron chi connectivity index (χ4n) is 2.54. The van der Waals surface area contributed by atoms with Crippen molar-refractivity contribution in [1.82, 2.24) is 5.32 Å². The van der Waals surface area contributed by atoms with Crippen molar-refractivity contribution in [2.75, 3.05) is 6.61 Å². The second-order valence-corrected chi connectivity index (χ2v) is 14.8. The molecule has 2 N–H and O–H groups in total. The predicted molar refractivity (Wildman–Crippen MR) is 113 cm³/mol. The SMILES string of the molecule is CCOC(=O)C[C@@](C)(O)[C@H](NC(=O)OC(C)(C)C)[C@H](C)O[Si](C)(C)C(C)(C)C. The molecule has 0 aliphatic heterocycles. The first-order valence-electron chi connectivity index (χ1n) is 9.87. The van der Waals surface area contributed by atoms with Gasteiger partial charge in [-0.15, -0.1) is 0 Å². The van der Waals surface area contributed by atoms with Crippen LogP contribution in [0.1, 0.15) is 68.7 Å². The van der Waals surface area contributed by atoms with E-state index in [-0.39, 0.29) is 18.1 Å². The standard InChI is InChI=1S/C20H41NO6Si/c1-12-25-15(22)13-20(9,24)16(21-17(23)26-18(3,4)5)14(2)27-28(10,11)19(6,7)8/h14,16,24H,12-13H2,1-11H3,(H,21,23)/t14-,16+,20+/m0/s1. The molecule has 166 valence electrons. The van der Waals surface area contributed by atoms with Crippen molar-refractivity contribution in [2.45, 2.75) is 110 Å². The lowest BCUT2D eigenvalue weighted by Gasteiger charge is -2.43. The third-order valence-corrected chi connectivity index (χ3v) is 9.48. The van der Waals surface area contributed by atoms with Gasteiger partial charge in [-0.1, -0.05) is 20.8 Å². The summed E-state index contributed by atoms with van der Waals surface area (Å²) in [6.07, 6.45) is -1.49. The number of carbonyl (C=O) groups is 2. The molecule has 0 aromatic carbocycles. The van der Waals surface area contributed by atoms with Crippen LogP contribution in [-0.4, -0.2) is 55.4 Å². The Morgan fingerprint density at radius 2 is 1.57 bits per heavy atom. The van der Waals surface area contributed by atoms with Crippen LogP contribution in [0, 0.1) is 0 Å². The van der Waals surface area contributed by atoms with E-state index in [4.69, 9.17) is 13.9 Å². The molecule has 0 heterocycles. The van der Waals surface area contributed by atoms with E-state index in [1.807, 2.05) is 0 Å². The third kappa shape index (κ3) is 8.92. The number of ether oxygens (including phenoxy) is 2. The Kier molecular flexibility index (Phi) is 9.20. The molecule has 0 aromatic heterocycles. The van der Waals surface area contributed by atoms with E-state index in [0.717, 1.165) is 0 Å². The fraction of sp³-hybridized carbons (Fsp3) is 0.900. The zero-order valence-electron chi connectivity index (χ0n) is 19.6. The van der Waals surface area contributed by atoms with Gasteiger partial charge in [0.1, 0.15) is 5.60 Å². The third-order valence-electron chi connectivity index (χ3n) is 4.91. The van der Waals surface area contributed by atoms with Gasteiger partial charge in [0.15, 0.2) is 8.32 Å². The average molecular weight is 420 g/mol. The van der Waals surface area contributed by atoms with Crippen LogP contribution in [0.5, 0.6) is 0 Å². The van der Waals surface area contributed by atoms with Crippen molar-refractivity contribution >= 4 is 20.4 Å². The summed E-state index contributed by atoms with van der Waals surface area (Å²) < 4.78 is 16.7. The average Bonchev–Trinajstić information content (AvgIpc) is 2.40. The van der Waals surface area contributed by atoms with Crippen molar-refractivity contribution in [3.8, 4) is 0 Å². The van der Waals surface area contributed by atoms with Gasteiger partial charge < -0.3 is 24.3 Å². The maximum atomic E-state index is 12.4. The van der Waals surface area contributed by atoms with Crippen LogP contribution >= 0.6 is 0 Å². The molecule has 0 rings (SSSR count). The lowest BCUT2D eigenvalue weighted by atomic mass is 9.89. The minimum atomic E-state index is -2.18. The largest absolute Gasteiger partial charge is 0.466 e. The summed E-state index contributed by atoms with van der Waals surface area (Å²) in [5, 5.41) is 13.7. The maximum Gasteiger partial charge on any atom is 0.408 e. The van der Waals surface area contributed by atoms with E-state index in [0.29, 0.717) is 0 Å². The molecule has 0 fully saturated rings. The first-order valence-corrected chi connectivity index (χ1v) is 12.8. The molecule has 3 atom stereocenters. The molecule has 1 amide bonds. The minimum absolute atomic E-state index is 0.0509. The first kappa shape index (κ1) is 26.9. The van der Waals surface area contributed by atoms with Crippen LogP contribution in [0.4, 0.5) is 4.79 Å². The summed E-state index contributed by atoms with van der Waals surface area (Å²) in [6, 6.07) is -0.860. The molecular weight excluding hydrogens is 378 g/mol. The summed E-state index contributed by atoms with van der Waals surface area (Å²) >= 11 is 0. The van der Waals surface area contributed by atoms with E-state index in [1.165, 1.54) is 6.92 Å². The van der Waals surface area contributed by atoms with Gasteiger partial charge >= 0.3 is 12.1 Å². The van der Waals surface area contributed by atoms with Crippen LogP contribution in [0.15, 0.2) is 0 Å². The highest BCUT2D eigenvalue weighted by molar-refractivity contribution is 6.74. The molecule has 0 aromatic rings. The highest BCUT2D eigenvalue weighted by atomic mass is 28.4. The van der Waals surface area contributed by atoms with Gasteiger partial charge in [-0.3, -0.25) is 4.79 Å². The Balaban J connectivity index is 5.65. The Morgan fingerprint density at radius 1 is 1.07 bits per heavy atom. The lowest BCUT2D eigenvalue weighted by molar-refractivity contribution is -0.150. The second kappa shape index (κ2) is 9.58. The van der Waals surface area contributed by atoms with Crippen LogP contribution in [0.3, 0.4) is 0 Å². The number of alkyl carbamates (subject to hydrolysis) is 1. The number of amides is 1. The topological polar surface area (TPSA) is 94.1 Å². The van der Waals surface area contributed by atoms with E-state index in [9.17, 15) is 14.7 Å². The number of carbonyl (C=O) groups excluding carboxylic acids is 2. The fourth-order valence-corrected chi connectivity index (χ4v) is 3.96. The molecule has 7 nitrogen and oxygen atoms in total. The number of nitrogens with one attached hydrogen (secondary N) is 1. The van der Waals surface area contributed by atoms with Gasteiger partial charge in [0.25, 0.3) is 0 Å². The van der Waals surface area contributed by atoms with Crippen molar-refractivity contribution in [3.05, 3.63) is 0 Å². The van der Waals surface area contributed by atoms with E-state index < -0.39 is 43.7 Å². The highest BCUT2D eigenvalue weighted by Gasteiger charge is 2.45. The van der Waals surface area contributed by atoms with Gasteiger partial charge in [-0.05, 0) is 59.7 Å². The first-order chi connectivity index (χ1) is 12.3. The van der Waals surface area contributed by atoms with Gasteiger partial charge in [0, 0.05) is 0 Å². The van der Waals surface area contributed by atoms with Crippen LogP contribution in [0.25, 0.3) is 0 Å². The zero-order chi connectivity index (χ0) is 22.6. The number of esters is 1. The van der Waals surface area contributed by atoms with Gasteiger partial charge in [0.05, 0.1) is 30.8 Å². The zero-order valence-corrected chi connectivity index (χ0v) is 20.6. The monoisotopic (exact) mass is 419 g/mol. The van der Waals surface area contributed by atoms with E-state index in [1.54, 1.807) is 34.6 Å². The lowest BCUT2D eigenvalue weighted by Crippen LogP contribution is -2.60. The summed E-state index contributed by atoms with van der Waals surface area (Å²) in [6.45, 7) is 21.0. The molecule has 0 bridgehead atoms. The summed E-state index contributed by atoms with van der Waals surface area (Å²) in [4.78, 5) is 24.4. The Morgan fingerprint density at radius 3 is 1.96 bits per heavy atom. The summed E-state index contributed by atoms with van der Waals surface area (Å²) in [5.74, 6) is -0.539. The Hall–Kier alpha value is -1.12. The van der Waals surface area contributed by atoms with Gasteiger partial charge in [-0.25, -0.2) is 4.79 Å². The molecule has 28 heavy (non-hydrogen) atoms. The van der Waals surface area contributed by atoms with Crippen LogP contribution < -0.4 is 5.32 Å². The summed E-state index contributed by atoms with van der Waals surface area (Å²) in [5.41, 5.74) is -2.27. The second-order valence-electron chi connectivity index (χ2n) is 10.0. The minimum Gasteiger partial charge on any atom is -0.466 e. The van der Waals surface area contributed by atoms with Gasteiger partial charge in [-0.2, -0.15) is 0 Å². The number of aliphatic hydroxyl groups is 1. The highest BCUT2D eigenvalue weighted by Crippen LogP contribution is 2.38. The van der Waals surface area contributed by atoms with Crippen LogP contribution in [-0.2, 0) is 18.7 Å². The smallest absolute Gasteiger partial charge is 0.408 e. The van der Waals surface area contributed by atoms with Crippen molar-refractivity contribution < 1.29 is 28.6 Å². The molecule has 8 heteroatoms. The van der Waals surface area contributed by atoms with Crippen molar-refractivity contribution in [1.29, 1.82) is 0 Å². The number of rotatable bonds is 8. The normalized spacial score (nSPS) is 17.3.